The van der Waals surface area contributed by atoms with E-state index in [0.717, 1.165) is 14.6 Å². The van der Waals surface area contributed by atoms with Crippen LogP contribution < -0.4 is 0 Å². The first-order valence-corrected chi connectivity index (χ1v) is 13.8. The van der Waals surface area contributed by atoms with Crippen LogP contribution in [0.2, 0.25) is 0 Å². The van der Waals surface area contributed by atoms with E-state index in [9.17, 15) is 0 Å². The van der Waals surface area contributed by atoms with Crippen LogP contribution >= 0.6 is 43.2 Å². The molecule has 6 aromatic rings. The molecule has 35 heavy (non-hydrogen) atoms. The lowest BCUT2D eigenvalue weighted by molar-refractivity contribution is 1.11. The molecular formula is C31H21Br2NS. The first kappa shape index (κ1) is 22.5. The standard InChI is InChI=1S/C31H21Br2NS/c1-2-3-4-8-23-18-28-25(20-15-21(32)17-22(33)16-20)10-7-11-29(28)34(23)24-13-14-27-26-9-5-6-12-30(26)35-31(27)19-24/h2-19H,1H3/b3-2-,8-4-. The molecular weight excluding hydrogens is 578 g/mol. The lowest BCUT2D eigenvalue weighted by Gasteiger charge is -2.11. The van der Waals surface area contributed by atoms with Crippen molar-refractivity contribution in [3.05, 3.63) is 118 Å². The summed E-state index contributed by atoms with van der Waals surface area (Å²) in [5, 5.41) is 3.87. The molecule has 170 valence electrons. The van der Waals surface area contributed by atoms with Crippen LogP contribution in [0.1, 0.15) is 12.6 Å². The third-order valence-corrected chi connectivity index (χ3v) is 8.29. The molecule has 2 heterocycles. The Balaban J connectivity index is 1.62. The third kappa shape index (κ3) is 4.10. The van der Waals surface area contributed by atoms with E-state index in [1.807, 2.05) is 18.3 Å². The maximum atomic E-state index is 3.66. The van der Waals surface area contributed by atoms with Crippen LogP contribution in [-0.2, 0) is 0 Å². The van der Waals surface area contributed by atoms with E-state index < -0.39 is 0 Å². The van der Waals surface area contributed by atoms with Gasteiger partial charge in [0.1, 0.15) is 0 Å². The number of halogens is 2. The van der Waals surface area contributed by atoms with Crippen LogP contribution in [0.25, 0.3) is 54.0 Å². The van der Waals surface area contributed by atoms with Gasteiger partial charge >= 0.3 is 0 Å². The number of fused-ring (bicyclic) bond motifs is 4. The van der Waals surface area contributed by atoms with Crippen LogP contribution in [0.4, 0.5) is 0 Å². The van der Waals surface area contributed by atoms with Gasteiger partial charge in [-0.2, -0.15) is 0 Å². The van der Waals surface area contributed by atoms with E-state index in [4.69, 9.17) is 0 Å². The van der Waals surface area contributed by atoms with Gasteiger partial charge in [-0.1, -0.05) is 86.5 Å². The Kier molecular flexibility index (Phi) is 5.97. The van der Waals surface area contributed by atoms with Crippen molar-refractivity contribution in [2.24, 2.45) is 0 Å². The fraction of sp³-hybridized carbons (Fsp3) is 0.0323. The van der Waals surface area contributed by atoms with Gasteiger partial charge in [0, 0.05) is 45.9 Å². The fourth-order valence-electron chi connectivity index (χ4n) is 4.74. The Morgan fingerprint density at radius 1 is 0.714 bits per heavy atom. The zero-order valence-corrected chi connectivity index (χ0v) is 23.0. The molecule has 4 aromatic carbocycles. The molecule has 0 bridgehead atoms. The van der Waals surface area contributed by atoms with Crippen molar-refractivity contribution >= 4 is 80.3 Å². The number of thiophene rings is 1. The highest BCUT2D eigenvalue weighted by Crippen LogP contribution is 2.38. The summed E-state index contributed by atoms with van der Waals surface area (Å²) in [5.74, 6) is 0. The Bertz CT molecular complexity index is 1760. The normalized spacial score (nSPS) is 12.2. The molecule has 0 spiro atoms. The summed E-state index contributed by atoms with van der Waals surface area (Å²) in [6, 6.07) is 30.8. The predicted molar refractivity (Wildman–Crippen MR) is 161 cm³/mol. The average Bonchev–Trinajstić information content (AvgIpc) is 3.41. The second-order valence-corrected chi connectivity index (χ2v) is 11.4. The Morgan fingerprint density at radius 3 is 2.34 bits per heavy atom. The van der Waals surface area contributed by atoms with Gasteiger partial charge in [-0.3, -0.25) is 0 Å². The minimum absolute atomic E-state index is 1.06. The fourth-order valence-corrected chi connectivity index (χ4v) is 7.17. The highest BCUT2D eigenvalue weighted by atomic mass is 79.9. The van der Waals surface area contributed by atoms with E-state index >= 15 is 0 Å². The van der Waals surface area contributed by atoms with Crippen LogP contribution in [0.5, 0.6) is 0 Å². The summed E-state index contributed by atoms with van der Waals surface area (Å²) >= 11 is 9.17. The van der Waals surface area contributed by atoms with Gasteiger partial charge < -0.3 is 4.57 Å². The highest BCUT2D eigenvalue weighted by Gasteiger charge is 2.15. The summed E-state index contributed by atoms with van der Waals surface area (Å²) in [4.78, 5) is 0. The topological polar surface area (TPSA) is 4.93 Å². The molecule has 0 aliphatic rings. The van der Waals surface area contributed by atoms with E-state index in [-0.39, 0.29) is 0 Å². The zero-order chi connectivity index (χ0) is 23.9. The van der Waals surface area contributed by atoms with Crippen molar-refractivity contribution in [3.63, 3.8) is 0 Å². The molecule has 0 saturated carbocycles. The van der Waals surface area contributed by atoms with Gasteiger partial charge in [0.25, 0.3) is 0 Å². The van der Waals surface area contributed by atoms with Crippen molar-refractivity contribution in [2.75, 3.05) is 0 Å². The molecule has 1 nitrogen and oxygen atoms in total. The summed E-state index contributed by atoms with van der Waals surface area (Å²) < 4.78 is 7.12. The number of hydrogen-bond donors (Lipinski definition) is 0. The average molecular weight is 599 g/mol. The van der Waals surface area contributed by atoms with Crippen LogP contribution in [0.15, 0.2) is 112 Å². The molecule has 0 amide bonds. The largest absolute Gasteiger partial charge is 0.310 e. The van der Waals surface area contributed by atoms with Crippen LogP contribution in [0.3, 0.4) is 0 Å². The molecule has 0 aliphatic heterocycles. The Hall–Kier alpha value is -2.92. The van der Waals surface area contributed by atoms with Gasteiger partial charge in [-0.15, -0.1) is 11.3 Å². The molecule has 0 radical (unpaired) electrons. The Morgan fingerprint density at radius 2 is 1.51 bits per heavy atom. The van der Waals surface area contributed by atoms with Gasteiger partial charge in [-0.25, -0.2) is 0 Å². The molecule has 2 aromatic heterocycles. The van der Waals surface area contributed by atoms with Crippen LogP contribution in [-0.4, -0.2) is 4.57 Å². The molecule has 6 rings (SSSR count). The van der Waals surface area contributed by atoms with Crippen molar-refractivity contribution in [1.29, 1.82) is 0 Å². The number of benzene rings is 4. The smallest absolute Gasteiger partial charge is 0.0541 e. The molecule has 0 N–H and O–H groups in total. The first-order chi connectivity index (χ1) is 17.1. The first-order valence-electron chi connectivity index (χ1n) is 11.4. The highest BCUT2D eigenvalue weighted by molar-refractivity contribution is 9.11. The predicted octanol–water partition coefficient (Wildman–Crippen LogP) is 10.8. The second-order valence-electron chi connectivity index (χ2n) is 8.46. The minimum atomic E-state index is 1.06. The SMILES string of the molecule is C/C=C\C=C/c1cc2c(-c3cc(Br)cc(Br)c3)cccc2n1-c1ccc2c(c1)sc1ccccc12. The van der Waals surface area contributed by atoms with E-state index in [2.05, 4.69) is 146 Å². The van der Waals surface area contributed by atoms with Crippen molar-refractivity contribution in [2.45, 2.75) is 6.92 Å². The Labute approximate surface area is 225 Å². The lowest BCUT2D eigenvalue weighted by Crippen LogP contribution is -1.96. The molecule has 0 atom stereocenters. The van der Waals surface area contributed by atoms with Crippen molar-refractivity contribution in [3.8, 4) is 16.8 Å². The quantitative estimate of drug-likeness (QED) is 0.178. The van der Waals surface area contributed by atoms with Gasteiger partial charge in [-0.05, 0) is 72.7 Å². The van der Waals surface area contributed by atoms with Crippen molar-refractivity contribution in [1.82, 2.24) is 4.57 Å². The van der Waals surface area contributed by atoms with E-state index in [0.29, 0.717) is 0 Å². The van der Waals surface area contributed by atoms with Gasteiger partial charge in [0.2, 0.25) is 0 Å². The molecule has 0 unspecified atom stereocenters. The number of hydrogen-bond acceptors (Lipinski definition) is 1. The van der Waals surface area contributed by atoms with Gasteiger partial charge in [0.15, 0.2) is 0 Å². The number of nitrogens with zero attached hydrogens (tertiary/aromatic N) is 1. The maximum absolute atomic E-state index is 3.66. The summed E-state index contributed by atoms with van der Waals surface area (Å²) in [5.41, 5.74) is 5.91. The minimum Gasteiger partial charge on any atom is -0.310 e. The number of rotatable bonds is 4. The molecule has 0 fully saturated rings. The molecule has 0 aliphatic carbocycles. The second kappa shape index (κ2) is 9.27. The molecule has 4 heteroatoms. The molecule has 0 saturated heterocycles. The van der Waals surface area contributed by atoms with Crippen molar-refractivity contribution < 1.29 is 0 Å². The lowest BCUT2D eigenvalue weighted by atomic mass is 10.0. The summed E-state index contributed by atoms with van der Waals surface area (Å²) in [6.45, 7) is 2.04. The van der Waals surface area contributed by atoms with Gasteiger partial charge in [0.05, 0.1) is 5.52 Å². The number of aromatic nitrogens is 1. The summed E-state index contributed by atoms with van der Waals surface area (Å²) in [6.07, 6.45) is 8.43. The van der Waals surface area contributed by atoms with E-state index in [1.165, 1.54) is 47.9 Å². The van der Waals surface area contributed by atoms with E-state index in [1.54, 1.807) is 0 Å². The summed E-state index contributed by atoms with van der Waals surface area (Å²) in [7, 11) is 0. The zero-order valence-electron chi connectivity index (χ0n) is 19.0. The number of allylic oxidation sites excluding steroid dienone is 3. The monoisotopic (exact) mass is 597 g/mol. The van der Waals surface area contributed by atoms with Crippen LogP contribution in [0, 0.1) is 0 Å². The third-order valence-electron chi connectivity index (χ3n) is 6.24. The maximum Gasteiger partial charge on any atom is 0.0541 e.